The molecule has 0 aliphatic carbocycles. The van der Waals surface area contributed by atoms with Crippen LogP contribution >= 0.6 is 0 Å². The maximum Gasteiger partial charge on any atom is 0.344 e. The lowest BCUT2D eigenvalue weighted by Crippen LogP contribution is -2.38. The van der Waals surface area contributed by atoms with Crippen LogP contribution in [-0.4, -0.2) is 5.92 Å². The summed E-state index contributed by atoms with van der Waals surface area (Å²) in [5.41, 5.74) is -2.85. The van der Waals surface area contributed by atoms with E-state index in [2.05, 4.69) is 0 Å². The largest absolute Gasteiger partial charge is 0.344 e. The number of hydrogen-bond donors (Lipinski definition) is 0. The minimum Gasteiger partial charge on any atom is -0.203 e. The van der Waals surface area contributed by atoms with Crippen molar-refractivity contribution in [2.45, 2.75) is 11.8 Å². The molecule has 0 nitrogen and oxygen atoms in total. The van der Waals surface area contributed by atoms with Gasteiger partial charge in [-0.05, 0) is 11.6 Å². The Hall–Kier alpha value is -2.45. The Morgan fingerprint density at radius 1 is 0.640 bits per heavy atom. The summed E-state index contributed by atoms with van der Waals surface area (Å²) in [6.07, 6.45) is 0.153. The van der Waals surface area contributed by atoms with Gasteiger partial charge in [-0.25, -0.2) is 22.0 Å². The van der Waals surface area contributed by atoms with Gasteiger partial charge in [0.25, 0.3) is 0 Å². The highest BCUT2D eigenvalue weighted by Gasteiger charge is 2.59. The van der Waals surface area contributed by atoms with Crippen molar-refractivity contribution < 1.29 is 39.5 Å². The smallest absolute Gasteiger partial charge is 0.203 e. The Balaban J connectivity index is 2.56. The number of halogens is 9. The molecule has 0 aliphatic heterocycles. The molecule has 0 saturated carbocycles. The van der Waals surface area contributed by atoms with Gasteiger partial charge in [0.1, 0.15) is 5.56 Å². The van der Waals surface area contributed by atoms with Gasteiger partial charge in [-0.15, -0.1) is 0 Å². The molecule has 0 saturated heterocycles. The molecule has 134 valence electrons. The first-order chi connectivity index (χ1) is 11.5. The van der Waals surface area contributed by atoms with Gasteiger partial charge < -0.3 is 0 Å². The zero-order valence-electron chi connectivity index (χ0n) is 11.9. The minimum absolute atomic E-state index is 0.0513. The molecule has 2 aromatic carbocycles. The van der Waals surface area contributed by atoms with Crippen LogP contribution in [-0.2, 0) is 5.92 Å². The molecule has 0 N–H and O–H groups in total. The van der Waals surface area contributed by atoms with E-state index in [1.807, 2.05) is 0 Å². The second kappa shape index (κ2) is 6.45. The van der Waals surface area contributed by atoms with E-state index in [9.17, 15) is 39.5 Å². The Morgan fingerprint density at radius 2 is 1.08 bits per heavy atom. The molecule has 0 unspecified atom stereocenters. The monoisotopic (exact) mass is 370 g/mol. The van der Waals surface area contributed by atoms with Crippen molar-refractivity contribution in [1.82, 2.24) is 0 Å². The molecule has 2 rings (SSSR count). The predicted octanol–water partition coefficient (Wildman–Crippen LogP) is 5.82. The molecule has 0 fully saturated rings. The number of rotatable bonds is 4. The Kier molecular flexibility index (Phi) is 4.87. The van der Waals surface area contributed by atoms with Crippen LogP contribution < -0.4 is 0 Å². The SMILES string of the molecule is Fc1c(F)c(F)c(C(F)(F)C(F)(F)/C=C/c2ccccc2)c(F)c1F. The number of hydrogen-bond acceptors (Lipinski definition) is 0. The van der Waals surface area contributed by atoms with Crippen molar-refractivity contribution in [3.05, 3.63) is 76.6 Å². The van der Waals surface area contributed by atoms with Crippen LogP contribution in [0.4, 0.5) is 39.5 Å². The second-order valence-corrected chi connectivity index (χ2v) is 4.89. The molecular formula is C16H7F9. The van der Waals surface area contributed by atoms with E-state index in [0.717, 1.165) is 0 Å². The van der Waals surface area contributed by atoms with Crippen molar-refractivity contribution in [3.8, 4) is 0 Å². The average Bonchev–Trinajstić information content (AvgIpc) is 2.57. The molecule has 0 bridgehead atoms. The van der Waals surface area contributed by atoms with Crippen molar-refractivity contribution in [3.63, 3.8) is 0 Å². The second-order valence-electron chi connectivity index (χ2n) is 4.89. The highest BCUT2D eigenvalue weighted by Crippen LogP contribution is 2.47. The normalized spacial score (nSPS) is 12.8. The van der Waals surface area contributed by atoms with Gasteiger partial charge in [-0.1, -0.05) is 36.4 Å². The lowest BCUT2D eigenvalue weighted by Gasteiger charge is -2.25. The van der Waals surface area contributed by atoms with Gasteiger partial charge >= 0.3 is 11.8 Å². The summed E-state index contributed by atoms with van der Waals surface area (Å²) in [5, 5.41) is 0. The summed E-state index contributed by atoms with van der Waals surface area (Å²) in [6.45, 7) is 0. The standard InChI is InChI=1S/C16H7F9/c17-10-9(11(18)13(20)14(21)12(10)19)16(24,25)15(22,23)7-6-8-4-2-1-3-5-8/h1-7H/b7-6+. The summed E-state index contributed by atoms with van der Waals surface area (Å²) < 4.78 is 121. The Bertz CT molecular complexity index is 781. The predicted molar refractivity (Wildman–Crippen MR) is 70.5 cm³/mol. The first-order valence-corrected chi connectivity index (χ1v) is 6.52. The van der Waals surface area contributed by atoms with Crippen molar-refractivity contribution >= 4 is 6.08 Å². The topological polar surface area (TPSA) is 0 Å². The molecule has 0 aromatic heterocycles. The van der Waals surface area contributed by atoms with E-state index in [1.165, 1.54) is 30.3 Å². The fourth-order valence-electron chi connectivity index (χ4n) is 1.92. The fraction of sp³-hybridized carbons (Fsp3) is 0.125. The highest BCUT2D eigenvalue weighted by molar-refractivity contribution is 5.50. The average molecular weight is 370 g/mol. The third-order valence-corrected chi connectivity index (χ3v) is 3.23. The van der Waals surface area contributed by atoms with Gasteiger partial charge in [0, 0.05) is 0 Å². The van der Waals surface area contributed by atoms with Crippen LogP contribution in [0.5, 0.6) is 0 Å². The maximum absolute atomic E-state index is 13.9. The third-order valence-electron chi connectivity index (χ3n) is 3.23. The first kappa shape index (κ1) is 18.9. The molecule has 9 heteroatoms. The van der Waals surface area contributed by atoms with Gasteiger partial charge in [-0.3, -0.25) is 0 Å². The summed E-state index contributed by atoms with van der Waals surface area (Å²) in [5.74, 6) is -25.2. The Labute approximate surface area is 135 Å². The number of allylic oxidation sites excluding steroid dienone is 1. The maximum atomic E-state index is 13.9. The molecule has 0 heterocycles. The van der Waals surface area contributed by atoms with Crippen molar-refractivity contribution in [2.24, 2.45) is 0 Å². The van der Waals surface area contributed by atoms with E-state index < -0.39 is 46.5 Å². The summed E-state index contributed by atoms with van der Waals surface area (Å²) in [4.78, 5) is 0. The molecule has 0 radical (unpaired) electrons. The van der Waals surface area contributed by atoms with Crippen molar-refractivity contribution in [2.75, 3.05) is 0 Å². The van der Waals surface area contributed by atoms with Gasteiger partial charge in [0.2, 0.25) is 5.82 Å². The zero-order chi connectivity index (χ0) is 19.0. The molecule has 2 aromatic rings. The molecule has 0 amide bonds. The Morgan fingerprint density at radius 3 is 1.56 bits per heavy atom. The summed E-state index contributed by atoms with van der Waals surface area (Å²) in [6, 6.07) is 6.85. The summed E-state index contributed by atoms with van der Waals surface area (Å²) >= 11 is 0. The van der Waals surface area contributed by atoms with E-state index in [0.29, 0.717) is 6.08 Å². The molecule has 0 spiro atoms. The van der Waals surface area contributed by atoms with Crippen LogP contribution in [0.2, 0.25) is 0 Å². The molecule has 0 atom stereocenters. The van der Waals surface area contributed by atoms with E-state index in [1.54, 1.807) is 0 Å². The third kappa shape index (κ3) is 3.22. The van der Waals surface area contributed by atoms with Gasteiger partial charge in [0.05, 0.1) is 0 Å². The van der Waals surface area contributed by atoms with Crippen LogP contribution in [0.15, 0.2) is 36.4 Å². The van der Waals surface area contributed by atoms with Gasteiger partial charge in [0.15, 0.2) is 23.3 Å². The minimum atomic E-state index is -5.69. The van der Waals surface area contributed by atoms with Crippen LogP contribution in [0.25, 0.3) is 6.08 Å². The quantitative estimate of drug-likeness (QED) is 0.361. The van der Waals surface area contributed by atoms with E-state index >= 15 is 0 Å². The van der Waals surface area contributed by atoms with Crippen LogP contribution in [0, 0.1) is 29.1 Å². The lowest BCUT2D eigenvalue weighted by atomic mass is 9.99. The summed E-state index contributed by atoms with van der Waals surface area (Å²) in [7, 11) is 0. The van der Waals surface area contributed by atoms with Crippen molar-refractivity contribution in [1.29, 1.82) is 0 Å². The highest BCUT2D eigenvalue weighted by atomic mass is 19.3. The molecule has 0 aliphatic rings. The molecular weight excluding hydrogens is 363 g/mol. The van der Waals surface area contributed by atoms with Gasteiger partial charge in [-0.2, -0.15) is 17.6 Å². The van der Waals surface area contributed by atoms with E-state index in [4.69, 9.17) is 0 Å². The zero-order valence-corrected chi connectivity index (χ0v) is 11.9. The van der Waals surface area contributed by atoms with Crippen LogP contribution in [0.1, 0.15) is 11.1 Å². The van der Waals surface area contributed by atoms with Crippen LogP contribution in [0.3, 0.4) is 0 Å². The molecule has 25 heavy (non-hydrogen) atoms. The fourth-order valence-corrected chi connectivity index (χ4v) is 1.92. The lowest BCUT2D eigenvalue weighted by molar-refractivity contribution is -0.189. The number of benzene rings is 2. The first-order valence-electron chi connectivity index (χ1n) is 6.52. The number of alkyl halides is 4. The van der Waals surface area contributed by atoms with E-state index in [-0.39, 0.29) is 11.6 Å².